The molecule has 1 aromatic carbocycles. The Kier molecular flexibility index (Phi) is 1.16. The summed E-state index contributed by atoms with van der Waals surface area (Å²) in [6.07, 6.45) is 7.47. The van der Waals surface area contributed by atoms with Crippen LogP contribution in [0.15, 0.2) is 42.9 Å². The molecule has 0 amide bonds. The number of rotatable bonds is 0. The first-order valence-corrected chi connectivity index (χ1v) is 4.14. The normalized spacial score (nSPS) is 16.9. The predicted molar refractivity (Wildman–Crippen MR) is 50.0 cm³/mol. The van der Waals surface area contributed by atoms with Crippen molar-refractivity contribution in [2.75, 3.05) is 5.01 Å². The van der Waals surface area contributed by atoms with Crippen LogP contribution in [0.25, 0.3) is 6.08 Å². The maximum Gasteiger partial charge on any atom is 0.140 e. The van der Waals surface area contributed by atoms with Crippen LogP contribution in [0.2, 0.25) is 0 Å². The summed E-state index contributed by atoms with van der Waals surface area (Å²) in [5.74, 6) is 0. The molecule has 0 atom stereocenters. The fourth-order valence-electron chi connectivity index (χ4n) is 1.54. The lowest BCUT2D eigenvalue weighted by atomic mass is 10.1. The Labute approximate surface area is 76.1 Å². The summed E-state index contributed by atoms with van der Waals surface area (Å²) >= 11 is 0. The molecule has 0 unspecified atom stereocenters. The van der Waals surface area contributed by atoms with E-state index in [1.807, 2.05) is 35.6 Å². The van der Waals surface area contributed by atoms with Crippen LogP contribution in [0.3, 0.4) is 0 Å². The summed E-state index contributed by atoms with van der Waals surface area (Å²) in [6.45, 7) is 0. The fraction of sp³-hybridized carbons (Fsp3) is 0. The van der Waals surface area contributed by atoms with Crippen LogP contribution < -0.4 is 5.01 Å². The monoisotopic (exact) mass is 172 g/mol. The van der Waals surface area contributed by atoms with Crippen LogP contribution in [-0.4, -0.2) is 5.17 Å². The number of benzene rings is 1. The van der Waals surface area contributed by atoms with Gasteiger partial charge in [-0.05, 0) is 12.1 Å². The van der Waals surface area contributed by atoms with Crippen molar-refractivity contribution in [2.45, 2.75) is 0 Å². The largest absolute Gasteiger partial charge is 0.366 e. The van der Waals surface area contributed by atoms with Gasteiger partial charge < -0.3 is 4.84 Å². The maximum absolute atomic E-state index is 5.21. The van der Waals surface area contributed by atoms with E-state index in [1.54, 1.807) is 11.4 Å². The minimum Gasteiger partial charge on any atom is -0.366 e. The third-order valence-electron chi connectivity index (χ3n) is 2.15. The number of hydrogen-bond acceptors (Lipinski definition) is 3. The van der Waals surface area contributed by atoms with E-state index in [0.717, 1.165) is 5.69 Å². The second-order valence-corrected chi connectivity index (χ2v) is 2.91. The zero-order chi connectivity index (χ0) is 8.67. The molecular weight excluding hydrogens is 164 g/mol. The average Bonchev–Trinajstić information content (AvgIpc) is 2.65. The van der Waals surface area contributed by atoms with Crippen molar-refractivity contribution in [3.05, 3.63) is 48.5 Å². The van der Waals surface area contributed by atoms with Crippen molar-refractivity contribution in [3.63, 3.8) is 0 Å². The van der Waals surface area contributed by atoms with E-state index in [-0.39, 0.29) is 0 Å². The number of fused-ring (bicyclic) bond motifs is 3. The van der Waals surface area contributed by atoms with Gasteiger partial charge in [-0.3, -0.25) is 0 Å². The van der Waals surface area contributed by atoms with Gasteiger partial charge in [0.1, 0.15) is 6.26 Å². The van der Waals surface area contributed by atoms with Crippen LogP contribution in [0.4, 0.5) is 5.69 Å². The molecule has 0 fully saturated rings. The predicted octanol–water partition coefficient (Wildman–Crippen LogP) is 2.11. The van der Waals surface area contributed by atoms with E-state index < -0.39 is 0 Å². The zero-order valence-electron chi connectivity index (χ0n) is 6.92. The van der Waals surface area contributed by atoms with Gasteiger partial charge in [0.05, 0.1) is 18.1 Å². The van der Waals surface area contributed by atoms with E-state index in [0.29, 0.717) is 0 Å². The Morgan fingerprint density at radius 3 is 3.00 bits per heavy atom. The standard InChI is InChI=1S/C10H8N2O/c1-2-4-10-9(3-1)5-6-12-11(10)7-8-13-12/h1-8H. The van der Waals surface area contributed by atoms with Crippen molar-refractivity contribution in [1.82, 2.24) is 5.17 Å². The van der Waals surface area contributed by atoms with E-state index in [9.17, 15) is 0 Å². The number of hydrazine groups is 1. The molecule has 3 rings (SSSR count). The summed E-state index contributed by atoms with van der Waals surface area (Å²) in [4.78, 5) is 5.21. The molecule has 0 saturated heterocycles. The second-order valence-electron chi connectivity index (χ2n) is 2.91. The van der Waals surface area contributed by atoms with E-state index in [1.165, 1.54) is 5.56 Å². The quantitative estimate of drug-likeness (QED) is 0.596. The molecule has 2 aliphatic heterocycles. The molecular formula is C10H8N2O. The molecule has 0 bridgehead atoms. The van der Waals surface area contributed by atoms with Gasteiger partial charge in [-0.25, -0.2) is 5.01 Å². The highest BCUT2D eigenvalue weighted by atomic mass is 16.7. The number of para-hydroxylation sites is 1. The smallest absolute Gasteiger partial charge is 0.140 e. The fourth-order valence-corrected chi connectivity index (χ4v) is 1.54. The van der Waals surface area contributed by atoms with Crippen molar-refractivity contribution in [1.29, 1.82) is 0 Å². The molecule has 13 heavy (non-hydrogen) atoms. The molecule has 2 aliphatic rings. The Hall–Kier alpha value is -1.90. The van der Waals surface area contributed by atoms with Crippen molar-refractivity contribution in [2.24, 2.45) is 0 Å². The van der Waals surface area contributed by atoms with Crippen LogP contribution in [0.1, 0.15) is 5.56 Å². The highest BCUT2D eigenvalue weighted by molar-refractivity contribution is 5.70. The van der Waals surface area contributed by atoms with Gasteiger partial charge >= 0.3 is 0 Å². The van der Waals surface area contributed by atoms with Gasteiger partial charge in [0.2, 0.25) is 0 Å². The van der Waals surface area contributed by atoms with Crippen LogP contribution in [0, 0.1) is 0 Å². The summed E-state index contributed by atoms with van der Waals surface area (Å²) in [6, 6.07) is 8.18. The topological polar surface area (TPSA) is 15.7 Å². The molecule has 1 aromatic rings. The molecule has 64 valence electrons. The lowest BCUT2D eigenvalue weighted by molar-refractivity contribution is -0.0374. The van der Waals surface area contributed by atoms with Crippen molar-refractivity contribution < 1.29 is 4.84 Å². The Morgan fingerprint density at radius 1 is 1.08 bits per heavy atom. The minimum absolute atomic E-state index is 1.14. The maximum atomic E-state index is 5.21. The van der Waals surface area contributed by atoms with E-state index >= 15 is 0 Å². The van der Waals surface area contributed by atoms with Crippen LogP contribution >= 0.6 is 0 Å². The first-order chi connectivity index (χ1) is 6.45. The van der Waals surface area contributed by atoms with Gasteiger partial charge in [0, 0.05) is 5.56 Å². The van der Waals surface area contributed by atoms with Crippen LogP contribution in [-0.2, 0) is 4.84 Å². The molecule has 0 saturated carbocycles. The van der Waals surface area contributed by atoms with Gasteiger partial charge in [-0.2, -0.15) is 0 Å². The molecule has 0 N–H and O–H groups in total. The number of hydrogen-bond donors (Lipinski definition) is 0. The molecule has 2 heterocycles. The van der Waals surface area contributed by atoms with Gasteiger partial charge in [-0.15, -0.1) is 5.17 Å². The average molecular weight is 172 g/mol. The third kappa shape index (κ3) is 0.839. The van der Waals surface area contributed by atoms with Crippen molar-refractivity contribution >= 4 is 11.8 Å². The molecule has 3 nitrogen and oxygen atoms in total. The van der Waals surface area contributed by atoms with E-state index in [4.69, 9.17) is 4.84 Å². The van der Waals surface area contributed by atoms with Crippen molar-refractivity contribution in [3.8, 4) is 0 Å². The van der Waals surface area contributed by atoms with Gasteiger partial charge in [-0.1, -0.05) is 18.2 Å². The Balaban J connectivity index is 2.17. The molecule has 3 heteroatoms. The molecule has 0 aliphatic carbocycles. The lowest BCUT2D eigenvalue weighted by Crippen LogP contribution is -2.31. The first kappa shape index (κ1) is 6.60. The van der Waals surface area contributed by atoms with Gasteiger partial charge in [0.25, 0.3) is 0 Å². The number of anilines is 1. The summed E-state index contributed by atoms with van der Waals surface area (Å²) in [5.41, 5.74) is 2.34. The third-order valence-corrected chi connectivity index (χ3v) is 2.15. The van der Waals surface area contributed by atoms with E-state index in [2.05, 4.69) is 12.1 Å². The lowest BCUT2D eigenvalue weighted by Gasteiger charge is -2.29. The molecule has 0 aromatic heterocycles. The highest BCUT2D eigenvalue weighted by Crippen LogP contribution is 2.30. The SMILES string of the molecule is C1=CN2c3ccccc3C=CN2O1. The highest BCUT2D eigenvalue weighted by Gasteiger charge is 2.21. The summed E-state index contributed by atoms with van der Waals surface area (Å²) in [7, 11) is 0. The summed E-state index contributed by atoms with van der Waals surface area (Å²) < 4.78 is 0. The van der Waals surface area contributed by atoms with Crippen LogP contribution in [0.5, 0.6) is 0 Å². The Bertz CT molecular complexity index is 398. The summed E-state index contributed by atoms with van der Waals surface area (Å²) in [5, 5.41) is 3.64. The minimum atomic E-state index is 1.14. The number of nitrogens with zero attached hydrogens (tertiary/aromatic N) is 2. The first-order valence-electron chi connectivity index (χ1n) is 4.14. The molecule has 0 radical (unpaired) electrons. The second kappa shape index (κ2) is 2.29. The Morgan fingerprint density at radius 2 is 2.00 bits per heavy atom. The number of hydroxylamine groups is 1. The zero-order valence-corrected chi connectivity index (χ0v) is 6.92. The van der Waals surface area contributed by atoms with Gasteiger partial charge in [0.15, 0.2) is 0 Å². The molecule has 0 spiro atoms.